The van der Waals surface area contributed by atoms with Gasteiger partial charge in [-0.25, -0.2) is 0 Å². The lowest BCUT2D eigenvalue weighted by atomic mass is 9.77. The van der Waals surface area contributed by atoms with Crippen LogP contribution in [0.15, 0.2) is 91.0 Å². The number of hydrogen-bond acceptors (Lipinski definition) is 0. The maximum atomic E-state index is 2.33. The Hall–Kier alpha value is -2.34. The van der Waals surface area contributed by atoms with Crippen LogP contribution in [0.2, 0.25) is 0 Å². The molecule has 0 aliphatic heterocycles. The Morgan fingerprint density at radius 3 is 1.04 bits per heavy atom. The predicted octanol–water partition coefficient (Wildman–Crippen LogP) is 8.57. The molecule has 2 atom stereocenters. The summed E-state index contributed by atoms with van der Waals surface area (Å²) in [6.45, 7) is 4.66. The van der Waals surface area contributed by atoms with Crippen LogP contribution in [0.1, 0.15) is 81.4 Å². The average molecular weight is 373 g/mol. The number of benzene rings is 3. The first kappa shape index (κ1) is 22.0. The minimum atomic E-state index is 0. The Morgan fingerprint density at radius 1 is 0.464 bits per heavy atom. The third kappa shape index (κ3) is 5.83. The standard InChI is InChI=1S/C27H32.CH4/c1-3-22(24-14-8-5-9-15-24)20-27(26-18-12-7-13-19-26)21-23(4-2)25-16-10-6-11-17-25;/h5-19,22-23,27H,3-4,20-21H2,1-2H3;1H4. The Morgan fingerprint density at radius 2 is 0.750 bits per heavy atom. The van der Waals surface area contributed by atoms with E-state index in [4.69, 9.17) is 0 Å². The fourth-order valence-corrected chi connectivity index (χ4v) is 4.31. The molecule has 3 aromatic rings. The van der Waals surface area contributed by atoms with Crippen LogP contribution >= 0.6 is 0 Å². The van der Waals surface area contributed by atoms with Crippen molar-refractivity contribution in [1.29, 1.82) is 0 Å². The van der Waals surface area contributed by atoms with Crippen molar-refractivity contribution < 1.29 is 0 Å². The molecule has 0 radical (unpaired) electrons. The maximum absolute atomic E-state index is 2.33. The van der Waals surface area contributed by atoms with Gasteiger partial charge in [0, 0.05) is 0 Å². The van der Waals surface area contributed by atoms with E-state index >= 15 is 0 Å². The number of rotatable bonds is 9. The first-order valence-electron chi connectivity index (χ1n) is 10.5. The topological polar surface area (TPSA) is 0 Å². The third-order valence-electron chi connectivity index (χ3n) is 5.94. The molecule has 148 valence electrons. The highest BCUT2D eigenvalue weighted by Crippen LogP contribution is 2.39. The van der Waals surface area contributed by atoms with Crippen molar-refractivity contribution >= 4 is 0 Å². The van der Waals surface area contributed by atoms with Gasteiger partial charge in [0.05, 0.1) is 0 Å². The molecular formula is C28H36. The van der Waals surface area contributed by atoms with Gasteiger partial charge in [0.25, 0.3) is 0 Å². The molecule has 0 heteroatoms. The summed E-state index contributed by atoms with van der Waals surface area (Å²) in [7, 11) is 0. The minimum Gasteiger partial charge on any atom is -0.0776 e. The summed E-state index contributed by atoms with van der Waals surface area (Å²) in [4.78, 5) is 0. The molecule has 3 aromatic carbocycles. The lowest BCUT2D eigenvalue weighted by Crippen LogP contribution is -2.11. The molecule has 0 N–H and O–H groups in total. The summed E-state index contributed by atoms with van der Waals surface area (Å²) in [6, 6.07) is 33.3. The Bertz CT molecular complexity index is 711. The average Bonchev–Trinajstić information content (AvgIpc) is 2.76. The Balaban J connectivity index is 0.00000280. The van der Waals surface area contributed by atoms with Gasteiger partial charge in [-0.1, -0.05) is 112 Å². The fourth-order valence-electron chi connectivity index (χ4n) is 4.31. The normalized spacial score (nSPS) is 13.9. The molecular weight excluding hydrogens is 336 g/mol. The molecule has 3 rings (SSSR count). The molecule has 0 aromatic heterocycles. The van der Waals surface area contributed by atoms with Crippen molar-refractivity contribution in [1.82, 2.24) is 0 Å². The van der Waals surface area contributed by atoms with E-state index in [1.807, 2.05) is 0 Å². The molecule has 0 saturated heterocycles. The molecule has 2 unspecified atom stereocenters. The summed E-state index contributed by atoms with van der Waals surface area (Å²) in [5.74, 6) is 1.82. The van der Waals surface area contributed by atoms with E-state index in [2.05, 4.69) is 105 Å². The molecule has 0 amide bonds. The summed E-state index contributed by atoms with van der Waals surface area (Å²) in [6.07, 6.45) is 4.81. The SMILES string of the molecule is C.CCC(CC(CC(CC)c1ccccc1)c1ccccc1)c1ccccc1. The van der Waals surface area contributed by atoms with Gasteiger partial charge >= 0.3 is 0 Å². The first-order chi connectivity index (χ1) is 13.3. The van der Waals surface area contributed by atoms with Crippen molar-refractivity contribution in [2.45, 2.75) is 64.7 Å². The maximum Gasteiger partial charge on any atom is -0.0150 e. The van der Waals surface area contributed by atoms with Crippen LogP contribution in [-0.4, -0.2) is 0 Å². The highest BCUT2D eigenvalue weighted by Gasteiger charge is 2.22. The van der Waals surface area contributed by atoms with E-state index < -0.39 is 0 Å². The zero-order valence-electron chi connectivity index (χ0n) is 16.7. The molecule has 0 aliphatic carbocycles. The smallest absolute Gasteiger partial charge is 0.0150 e. The second-order valence-corrected chi connectivity index (χ2v) is 7.61. The van der Waals surface area contributed by atoms with Crippen molar-refractivity contribution in [3.05, 3.63) is 108 Å². The lowest BCUT2D eigenvalue weighted by Gasteiger charge is -2.27. The van der Waals surface area contributed by atoms with Crippen molar-refractivity contribution in [3.63, 3.8) is 0 Å². The van der Waals surface area contributed by atoms with Gasteiger partial charge in [0.2, 0.25) is 0 Å². The molecule has 0 bridgehead atoms. The first-order valence-corrected chi connectivity index (χ1v) is 10.5. The minimum absolute atomic E-state index is 0. The number of hydrogen-bond donors (Lipinski definition) is 0. The molecule has 0 nitrogen and oxygen atoms in total. The van der Waals surface area contributed by atoms with Crippen LogP contribution in [-0.2, 0) is 0 Å². The van der Waals surface area contributed by atoms with E-state index in [0.717, 1.165) is 0 Å². The van der Waals surface area contributed by atoms with E-state index in [0.29, 0.717) is 17.8 Å². The second kappa shape index (κ2) is 11.5. The predicted molar refractivity (Wildman–Crippen MR) is 124 cm³/mol. The van der Waals surface area contributed by atoms with E-state index in [1.165, 1.54) is 42.4 Å². The van der Waals surface area contributed by atoms with Crippen LogP contribution in [0.3, 0.4) is 0 Å². The Labute approximate surface area is 172 Å². The van der Waals surface area contributed by atoms with Crippen molar-refractivity contribution in [3.8, 4) is 0 Å². The van der Waals surface area contributed by atoms with Gasteiger partial charge in [-0.2, -0.15) is 0 Å². The van der Waals surface area contributed by atoms with Crippen LogP contribution in [0.4, 0.5) is 0 Å². The fraction of sp³-hybridized carbons (Fsp3) is 0.357. The van der Waals surface area contributed by atoms with Crippen LogP contribution in [0.5, 0.6) is 0 Å². The molecule has 0 aliphatic rings. The quantitative estimate of drug-likeness (QED) is 0.353. The zero-order chi connectivity index (χ0) is 18.9. The largest absolute Gasteiger partial charge is 0.0776 e. The van der Waals surface area contributed by atoms with Gasteiger partial charge in [-0.15, -0.1) is 0 Å². The molecule has 0 fully saturated rings. The lowest BCUT2D eigenvalue weighted by molar-refractivity contribution is 0.450. The molecule has 0 heterocycles. The molecule has 0 saturated carbocycles. The van der Waals surface area contributed by atoms with Crippen LogP contribution in [0, 0.1) is 0 Å². The van der Waals surface area contributed by atoms with Crippen molar-refractivity contribution in [2.75, 3.05) is 0 Å². The highest BCUT2D eigenvalue weighted by atomic mass is 14.3. The van der Waals surface area contributed by atoms with Gasteiger partial charge < -0.3 is 0 Å². The second-order valence-electron chi connectivity index (χ2n) is 7.61. The monoisotopic (exact) mass is 372 g/mol. The van der Waals surface area contributed by atoms with Crippen molar-refractivity contribution in [2.24, 2.45) is 0 Å². The van der Waals surface area contributed by atoms with Gasteiger partial charge in [0.1, 0.15) is 0 Å². The van der Waals surface area contributed by atoms with Gasteiger partial charge in [-0.05, 0) is 60.1 Å². The Kier molecular flexibility index (Phi) is 9.01. The van der Waals surface area contributed by atoms with Gasteiger partial charge in [-0.3, -0.25) is 0 Å². The third-order valence-corrected chi connectivity index (χ3v) is 5.94. The summed E-state index contributed by atoms with van der Waals surface area (Å²) in [5.41, 5.74) is 4.45. The summed E-state index contributed by atoms with van der Waals surface area (Å²) >= 11 is 0. The van der Waals surface area contributed by atoms with E-state index in [1.54, 1.807) is 0 Å². The summed E-state index contributed by atoms with van der Waals surface area (Å²) in [5, 5.41) is 0. The molecule has 0 spiro atoms. The summed E-state index contributed by atoms with van der Waals surface area (Å²) < 4.78 is 0. The van der Waals surface area contributed by atoms with Gasteiger partial charge in [0.15, 0.2) is 0 Å². The van der Waals surface area contributed by atoms with Crippen LogP contribution in [0.25, 0.3) is 0 Å². The zero-order valence-corrected chi connectivity index (χ0v) is 16.7. The van der Waals surface area contributed by atoms with Crippen LogP contribution < -0.4 is 0 Å². The highest BCUT2D eigenvalue weighted by molar-refractivity contribution is 5.26. The molecule has 28 heavy (non-hydrogen) atoms. The van der Waals surface area contributed by atoms with E-state index in [-0.39, 0.29) is 7.43 Å². The van der Waals surface area contributed by atoms with E-state index in [9.17, 15) is 0 Å².